The highest BCUT2D eigenvalue weighted by Gasteiger charge is 2.33. The van der Waals surface area contributed by atoms with Crippen LogP contribution < -0.4 is 0 Å². The summed E-state index contributed by atoms with van der Waals surface area (Å²) in [6.45, 7) is 2.01. The molecule has 0 radical (unpaired) electrons. The van der Waals surface area contributed by atoms with Crippen LogP contribution in [0.15, 0.2) is 0 Å². The van der Waals surface area contributed by atoms with Crippen LogP contribution in [0.3, 0.4) is 0 Å². The fraction of sp³-hybridized carbons (Fsp3) is 0.750. The molecule has 10 heavy (non-hydrogen) atoms. The van der Waals surface area contributed by atoms with Gasteiger partial charge in [0, 0.05) is 19.3 Å². The molecule has 0 unspecified atom stereocenters. The van der Waals surface area contributed by atoms with Gasteiger partial charge in [0.1, 0.15) is 12.1 Å². The minimum absolute atomic E-state index is 0.00116. The second-order valence-corrected chi connectivity index (χ2v) is 3.40. The number of aldehydes is 1. The van der Waals surface area contributed by atoms with Gasteiger partial charge in [0.2, 0.25) is 0 Å². The number of Topliss-reactive ketones (excluding diaryl/α,β-unsaturated/α-hetero) is 1. The van der Waals surface area contributed by atoms with Crippen LogP contribution >= 0.6 is 0 Å². The topological polar surface area (TPSA) is 34.1 Å². The van der Waals surface area contributed by atoms with Crippen LogP contribution in [0.25, 0.3) is 0 Å². The Morgan fingerprint density at radius 3 is 2.80 bits per heavy atom. The molecule has 56 valence electrons. The van der Waals surface area contributed by atoms with Crippen molar-refractivity contribution in [1.82, 2.24) is 0 Å². The first-order chi connectivity index (χ1) is 4.66. The van der Waals surface area contributed by atoms with E-state index < -0.39 is 0 Å². The summed E-state index contributed by atoms with van der Waals surface area (Å²) in [6, 6.07) is 0. The fourth-order valence-electron chi connectivity index (χ4n) is 1.47. The third-order valence-corrected chi connectivity index (χ3v) is 2.21. The first kappa shape index (κ1) is 7.45. The van der Waals surface area contributed by atoms with Gasteiger partial charge < -0.3 is 4.79 Å². The predicted octanol–water partition coefficient (Wildman–Crippen LogP) is 1.33. The molecule has 0 aliphatic heterocycles. The molecular weight excluding hydrogens is 128 g/mol. The van der Waals surface area contributed by atoms with Crippen molar-refractivity contribution in [2.45, 2.75) is 32.6 Å². The van der Waals surface area contributed by atoms with E-state index in [0.29, 0.717) is 25.0 Å². The van der Waals surface area contributed by atoms with E-state index in [2.05, 4.69) is 0 Å². The van der Waals surface area contributed by atoms with Gasteiger partial charge >= 0.3 is 0 Å². The van der Waals surface area contributed by atoms with Gasteiger partial charge in [-0.25, -0.2) is 0 Å². The largest absolute Gasteiger partial charge is 0.303 e. The molecule has 0 heterocycles. The van der Waals surface area contributed by atoms with E-state index in [1.54, 1.807) is 0 Å². The highest BCUT2D eigenvalue weighted by Crippen LogP contribution is 2.37. The molecule has 1 rings (SSSR count). The Balaban J connectivity index is 2.53. The second kappa shape index (κ2) is 2.52. The molecule has 0 aromatic carbocycles. The van der Waals surface area contributed by atoms with Crippen molar-refractivity contribution in [3.8, 4) is 0 Å². The zero-order valence-corrected chi connectivity index (χ0v) is 6.22. The molecular formula is C8H12O2. The van der Waals surface area contributed by atoms with E-state index in [4.69, 9.17) is 0 Å². The normalized spacial score (nSPS) is 32.7. The minimum atomic E-state index is -0.00116. The summed E-state index contributed by atoms with van der Waals surface area (Å²) in [5.74, 6) is 0.310. The Labute approximate surface area is 60.6 Å². The van der Waals surface area contributed by atoms with Crippen molar-refractivity contribution in [3.63, 3.8) is 0 Å². The maximum Gasteiger partial charge on any atom is 0.133 e. The van der Waals surface area contributed by atoms with E-state index >= 15 is 0 Å². The Morgan fingerprint density at radius 1 is 1.70 bits per heavy atom. The molecule has 0 saturated heterocycles. The molecule has 1 aliphatic rings. The lowest BCUT2D eigenvalue weighted by molar-refractivity contribution is -0.118. The monoisotopic (exact) mass is 140 g/mol. The Kier molecular flexibility index (Phi) is 1.88. The van der Waals surface area contributed by atoms with Crippen LogP contribution in [0.5, 0.6) is 0 Å². The third kappa shape index (κ3) is 1.43. The fourth-order valence-corrected chi connectivity index (χ4v) is 1.47. The Morgan fingerprint density at radius 2 is 2.40 bits per heavy atom. The Bertz CT molecular complexity index is 163. The summed E-state index contributed by atoms with van der Waals surface area (Å²) in [5, 5.41) is 0. The maximum absolute atomic E-state index is 10.8. The van der Waals surface area contributed by atoms with Gasteiger partial charge in [-0.05, 0) is 11.8 Å². The molecule has 1 aliphatic carbocycles. The number of rotatable bonds is 2. The summed E-state index contributed by atoms with van der Waals surface area (Å²) in [6.07, 6.45) is 3.62. The summed E-state index contributed by atoms with van der Waals surface area (Å²) in [5.41, 5.74) is -0.00116. The first-order valence-electron chi connectivity index (χ1n) is 3.62. The SMILES string of the molecule is C[C@@]1(CC=O)CCC(=O)C1. The number of carbonyl (C=O) groups excluding carboxylic acids is 2. The van der Waals surface area contributed by atoms with Gasteiger partial charge in [-0.15, -0.1) is 0 Å². The van der Waals surface area contributed by atoms with Crippen LogP contribution in [0.2, 0.25) is 0 Å². The van der Waals surface area contributed by atoms with E-state index in [-0.39, 0.29) is 5.41 Å². The van der Waals surface area contributed by atoms with Crippen LogP contribution in [0.4, 0.5) is 0 Å². The van der Waals surface area contributed by atoms with Crippen LogP contribution in [0.1, 0.15) is 32.6 Å². The quantitative estimate of drug-likeness (QED) is 0.542. The van der Waals surface area contributed by atoms with Gasteiger partial charge in [-0.2, -0.15) is 0 Å². The lowest BCUT2D eigenvalue weighted by Gasteiger charge is -2.17. The standard InChI is InChI=1S/C8H12O2/c1-8(4-5-9)3-2-7(10)6-8/h5H,2-4,6H2,1H3/t8-/m0/s1. The molecule has 1 saturated carbocycles. The number of hydrogen-bond acceptors (Lipinski definition) is 2. The van der Waals surface area contributed by atoms with Crippen molar-refractivity contribution in [2.24, 2.45) is 5.41 Å². The van der Waals surface area contributed by atoms with Crippen LogP contribution in [0, 0.1) is 5.41 Å². The third-order valence-electron chi connectivity index (χ3n) is 2.21. The van der Waals surface area contributed by atoms with Gasteiger partial charge in [0.15, 0.2) is 0 Å². The first-order valence-corrected chi connectivity index (χ1v) is 3.62. The molecule has 2 nitrogen and oxygen atoms in total. The van der Waals surface area contributed by atoms with Gasteiger partial charge in [0.25, 0.3) is 0 Å². The number of hydrogen-bond donors (Lipinski definition) is 0. The average molecular weight is 140 g/mol. The van der Waals surface area contributed by atoms with E-state index in [1.807, 2.05) is 6.92 Å². The van der Waals surface area contributed by atoms with Gasteiger partial charge in [-0.1, -0.05) is 6.92 Å². The maximum atomic E-state index is 10.8. The lowest BCUT2D eigenvalue weighted by Crippen LogP contribution is -2.11. The molecule has 0 aromatic heterocycles. The molecule has 0 bridgehead atoms. The van der Waals surface area contributed by atoms with Crippen molar-refractivity contribution in [2.75, 3.05) is 0 Å². The second-order valence-electron chi connectivity index (χ2n) is 3.40. The van der Waals surface area contributed by atoms with Crippen molar-refractivity contribution < 1.29 is 9.59 Å². The molecule has 0 amide bonds. The van der Waals surface area contributed by atoms with E-state index in [0.717, 1.165) is 12.7 Å². The minimum Gasteiger partial charge on any atom is -0.303 e. The highest BCUT2D eigenvalue weighted by atomic mass is 16.1. The smallest absolute Gasteiger partial charge is 0.133 e. The van der Waals surface area contributed by atoms with Crippen molar-refractivity contribution >= 4 is 12.1 Å². The Hall–Kier alpha value is -0.660. The molecule has 0 aromatic rings. The van der Waals surface area contributed by atoms with E-state index in [1.165, 1.54) is 0 Å². The molecule has 0 N–H and O–H groups in total. The average Bonchev–Trinajstić information content (AvgIpc) is 2.12. The van der Waals surface area contributed by atoms with Crippen LogP contribution in [-0.4, -0.2) is 12.1 Å². The number of carbonyl (C=O) groups is 2. The summed E-state index contributed by atoms with van der Waals surface area (Å²) >= 11 is 0. The van der Waals surface area contributed by atoms with Gasteiger partial charge in [0.05, 0.1) is 0 Å². The van der Waals surface area contributed by atoms with Gasteiger partial charge in [-0.3, -0.25) is 4.79 Å². The van der Waals surface area contributed by atoms with Crippen molar-refractivity contribution in [3.05, 3.63) is 0 Å². The summed E-state index contributed by atoms with van der Waals surface area (Å²) < 4.78 is 0. The highest BCUT2D eigenvalue weighted by molar-refractivity contribution is 5.81. The summed E-state index contributed by atoms with van der Waals surface area (Å²) in [7, 11) is 0. The molecule has 2 heteroatoms. The summed E-state index contributed by atoms with van der Waals surface area (Å²) in [4.78, 5) is 21.0. The molecule has 0 spiro atoms. The lowest BCUT2D eigenvalue weighted by atomic mass is 9.86. The molecule has 1 atom stereocenters. The molecule has 1 fully saturated rings. The zero-order valence-electron chi connectivity index (χ0n) is 6.22. The van der Waals surface area contributed by atoms with Crippen molar-refractivity contribution in [1.29, 1.82) is 0 Å². The van der Waals surface area contributed by atoms with Crippen LogP contribution in [-0.2, 0) is 9.59 Å². The van der Waals surface area contributed by atoms with E-state index in [9.17, 15) is 9.59 Å². The zero-order chi connectivity index (χ0) is 7.61. The number of ketones is 1. The predicted molar refractivity (Wildman–Crippen MR) is 37.6 cm³/mol.